The molecule has 30 heavy (non-hydrogen) atoms. The van der Waals surface area contributed by atoms with Crippen LogP contribution in [0.5, 0.6) is 0 Å². The molecule has 4 rings (SSSR count). The van der Waals surface area contributed by atoms with Gasteiger partial charge in [0, 0.05) is 0 Å². The molecular weight excluding hydrogens is 360 g/mol. The maximum atomic E-state index is 2.39. The molecule has 0 aliphatic heterocycles. The van der Waals surface area contributed by atoms with Crippen molar-refractivity contribution in [1.29, 1.82) is 0 Å². The molecule has 0 amide bonds. The summed E-state index contributed by atoms with van der Waals surface area (Å²) in [4.78, 5) is 0. The summed E-state index contributed by atoms with van der Waals surface area (Å²) in [6.07, 6.45) is 5.94. The minimum Gasteiger partial charge on any atom is -0.0778 e. The summed E-state index contributed by atoms with van der Waals surface area (Å²) in [5.41, 5.74) is 12.2. The van der Waals surface area contributed by atoms with Gasteiger partial charge in [0.15, 0.2) is 0 Å². The Morgan fingerprint density at radius 2 is 1.13 bits per heavy atom. The first-order chi connectivity index (χ1) is 14.3. The molecule has 0 fully saturated rings. The fourth-order valence-electron chi connectivity index (χ4n) is 3.98. The second kappa shape index (κ2) is 9.76. The molecule has 0 nitrogen and oxygen atoms in total. The molecule has 1 aliphatic rings. The Kier molecular flexibility index (Phi) is 7.11. The summed E-state index contributed by atoms with van der Waals surface area (Å²) in [6.45, 7) is 13.1. The van der Waals surface area contributed by atoms with E-state index in [0.717, 1.165) is 0 Å². The lowest BCUT2D eigenvalue weighted by Crippen LogP contribution is -2.00. The summed E-state index contributed by atoms with van der Waals surface area (Å²) in [6, 6.07) is 24.0. The van der Waals surface area contributed by atoms with Crippen LogP contribution >= 0.6 is 0 Å². The van der Waals surface area contributed by atoms with E-state index in [1.165, 1.54) is 56.5 Å². The van der Waals surface area contributed by atoms with Gasteiger partial charge < -0.3 is 0 Å². The SMILES string of the molecule is CC1=CC(C)CC=C1c1ccc(C)cc1C.Cc1ccc(-c2ccc(C)cc2)cc1. The zero-order chi connectivity index (χ0) is 21.7. The highest BCUT2D eigenvalue weighted by molar-refractivity contribution is 5.81. The van der Waals surface area contributed by atoms with Gasteiger partial charge in [-0.05, 0) is 80.4 Å². The molecule has 1 aliphatic carbocycles. The van der Waals surface area contributed by atoms with Crippen LogP contribution in [-0.4, -0.2) is 0 Å². The molecule has 0 saturated heterocycles. The molecule has 0 N–H and O–H groups in total. The summed E-state index contributed by atoms with van der Waals surface area (Å²) in [5.74, 6) is 0.689. The topological polar surface area (TPSA) is 0 Å². The summed E-state index contributed by atoms with van der Waals surface area (Å²) in [7, 11) is 0. The maximum Gasteiger partial charge on any atom is -0.0155 e. The number of allylic oxidation sites excluding steroid dienone is 4. The van der Waals surface area contributed by atoms with Gasteiger partial charge in [-0.25, -0.2) is 0 Å². The van der Waals surface area contributed by atoms with Crippen LogP contribution < -0.4 is 0 Å². The molecule has 3 aromatic carbocycles. The highest BCUT2D eigenvalue weighted by atomic mass is 14.2. The Balaban J connectivity index is 0.000000172. The molecule has 3 aromatic rings. The van der Waals surface area contributed by atoms with Crippen LogP contribution in [0.1, 0.15) is 48.1 Å². The van der Waals surface area contributed by atoms with Gasteiger partial charge in [-0.2, -0.15) is 0 Å². The molecule has 154 valence electrons. The quantitative estimate of drug-likeness (QED) is 0.408. The van der Waals surface area contributed by atoms with E-state index in [1.54, 1.807) is 0 Å². The van der Waals surface area contributed by atoms with Crippen LogP contribution in [0.4, 0.5) is 0 Å². The first-order valence-corrected chi connectivity index (χ1v) is 10.9. The van der Waals surface area contributed by atoms with E-state index in [4.69, 9.17) is 0 Å². The lowest BCUT2D eigenvalue weighted by molar-refractivity contribution is 0.732. The molecular formula is C30H34. The Morgan fingerprint density at radius 1 is 0.633 bits per heavy atom. The van der Waals surface area contributed by atoms with E-state index in [2.05, 4.69) is 120 Å². The van der Waals surface area contributed by atoms with Gasteiger partial charge in [-0.3, -0.25) is 0 Å². The molecule has 0 aromatic heterocycles. The van der Waals surface area contributed by atoms with E-state index in [9.17, 15) is 0 Å². The summed E-state index contributed by atoms with van der Waals surface area (Å²) < 4.78 is 0. The Labute approximate surface area is 183 Å². The lowest BCUT2D eigenvalue weighted by atomic mass is 9.86. The van der Waals surface area contributed by atoms with Crippen LogP contribution in [0.3, 0.4) is 0 Å². The van der Waals surface area contributed by atoms with Gasteiger partial charge in [-0.15, -0.1) is 0 Å². The molecule has 0 saturated carbocycles. The molecule has 0 heteroatoms. The van der Waals surface area contributed by atoms with Gasteiger partial charge in [0.05, 0.1) is 0 Å². The maximum absolute atomic E-state index is 2.39. The van der Waals surface area contributed by atoms with Gasteiger partial charge >= 0.3 is 0 Å². The number of hydrogen-bond acceptors (Lipinski definition) is 0. The number of hydrogen-bond donors (Lipinski definition) is 0. The molecule has 0 heterocycles. The van der Waals surface area contributed by atoms with Gasteiger partial charge in [0.1, 0.15) is 0 Å². The summed E-state index contributed by atoms with van der Waals surface area (Å²) in [5, 5.41) is 0. The van der Waals surface area contributed by atoms with Crippen molar-refractivity contribution >= 4 is 5.57 Å². The van der Waals surface area contributed by atoms with E-state index in [0.29, 0.717) is 5.92 Å². The first-order valence-electron chi connectivity index (χ1n) is 10.9. The highest BCUT2D eigenvalue weighted by Gasteiger charge is 2.12. The smallest absolute Gasteiger partial charge is 0.0155 e. The molecule has 0 spiro atoms. The van der Waals surface area contributed by atoms with Crippen LogP contribution in [0.2, 0.25) is 0 Å². The highest BCUT2D eigenvalue weighted by Crippen LogP contribution is 2.32. The van der Waals surface area contributed by atoms with Crippen molar-refractivity contribution in [1.82, 2.24) is 0 Å². The predicted molar refractivity (Wildman–Crippen MR) is 133 cm³/mol. The van der Waals surface area contributed by atoms with E-state index in [1.807, 2.05) is 0 Å². The molecule has 1 unspecified atom stereocenters. The largest absolute Gasteiger partial charge is 0.0778 e. The minimum absolute atomic E-state index is 0.689. The van der Waals surface area contributed by atoms with Crippen LogP contribution in [0.25, 0.3) is 16.7 Å². The first kappa shape index (κ1) is 21.8. The van der Waals surface area contributed by atoms with Crippen LogP contribution in [0.15, 0.2) is 84.5 Å². The van der Waals surface area contributed by atoms with Crippen molar-refractivity contribution in [2.24, 2.45) is 5.92 Å². The zero-order valence-corrected chi connectivity index (χ0v) is 19.3. The van der Waals surface area contributed by atoms with Crippen molar-refractivity contribution in [2.75, 3.05) is 0 Å². The third-order valence-electron chi connectivity index (χ3n) is 5.76. The fraction of sp³-hybridized carbons (Fsp3) is 0.267. The molecule has 0 radical (unpaired) electrons. The standard InChI is InChI=1S/C16H20.C14H14/c1-11-5-7-15(13(3)9-11)16-8-6-12(2)10-14(16)4;1-11-3-7-13(8-4-11)14-9-5-12(2)6-10-14/h5,7-10,12H,6H2,1-4H3;3-10H,1-2H3. The van der Waals surface area contributed by atoms with Crippen LogP contribution in [-0.2, 0) is 0 Å². The van der Waals surface area contributed by atoms with Crippen molar-refractivity contribution in [3.8, 4) is 11.1 Å². The van der Waals surface area contributed by atoms with Gasteiger partial charge in [0.2, 0.25) is 0 Å². The second-order valence-corrected chi connectivity index (χ2v) is 8.73. The Bertz CT molecular complexity index is 1000. The Morgan fingerprint density at radius 3 is 1.60 bits per heavy atom. The average Bonchev–Trinajstić information content (AvgIpc) is 2.71. The third kappa shape index (κ3) is 5.60. The predicted octanol–water partition coefficient (Wildman–Crippen LogP) is 8.64. The normalized spacial score (nSPS) is 15.6. The molecule has 1 atom stereocenters. The number of benzene rings is 3. The van der Waals surface area contributed by atoms with E-state index in [-0.39, 0.29) is 0 Å². The minimum atomic E-state index is 0.689. The zero-order valence-electron chi connectivity index (χ0n) is 19.3. The van der Waals surface area contributed by atoms with Crippen molar-refractivity contribution < 1.29 is 0 Å². The second-order valence-electron chi connectivity index (χ2n) is 8.73. The van der Waals surface area contributed by atoms with Crippen molar-refractivity contribution in [3.05, 3.63) is 112 Å². The molecule has 0 bridgehead atoms. The number of aryl methyl sites for hydroxylation is 4. The van der Waals surface area contributed by atoms with E-state index >= 15 is 0 Å². The van der Waals surface area contributed by atoms with Crippen LogP contribution in [0, 0.1) is 33.6 Å². The Hall–Kier alpha value is -2.86. The monoisotopic (exact) mass is 394 g/mol. The lowest BCUT2D eigenvalue weighted by Gasteiger charge is -2.19. The summed E-state index contributed by atoms with van der Waals surface area (Å²) >= 11 is 0. The van der Waals surface area contributed by atoms with Crippen molar-refractivity contribution in [2.45, 2.75) is 48.0 Å². The number of rotatable bonds is 2. The average molecular weight is 395 g/mol. The third-order valence-corrected chi connectivity index (χ3v) is 5.76. The fourth-order valence-corrected chi connectivity index (χ4v) is 3.98. The van der Waals surface area contributed by atoms with Gasteiger partial charge in [0.25, 0.3) is 0 Å². The van der Waals surface area contributed by atoms with Gasteiger partial charge in [-0.1, -0.05) is 102 Å². The van der Waals surface area contributed by atoms with Crippen molar-refractivity contribution in [3.63, 3.8) is 0 Å². The van der Waals surface area contributed by atoms with E-state index < -0.39 is 0 Å².